The highest BCUT2D eigenvalue weighted by molar-refractivity contribution is 5.43. The van der Waals surface area contributed by atoms with E-state index in [1.165, 1.54) is 5.56 Å². The predicted molar refractivity (Wildman–Crippen MR) is 83.9 cm³/mol. The van der Waals surface area contributed by atoms with Crippen molar-refractivity contribution in [2.24, 2.45) is 5.92 Å². The number of rotatable bonds is 8. The average molecular weight is 293 g/mol. The lowest BCUT2D eigenvalue weighted by Gasteiger charge is -2.17. The average Bonchev–Trinajstić information content (AvgIpc) is 2.96. The monoisotopic (exact) mass is 293 g/mol. The van der Waals surface area contributed by atoms with Gasteiger partial charge in [0, 0.05) is 19.7 Å². The fourth-order valence-electron chi connectivity index (χ4n) is 2.72. The summed E-state index contributed by atoms with van der Waals surface area (Å²) in [5.41, 5.74) is 1.23. The second kappa shape index (κ2) is 8.25. The molecule has 1 aliphatic rings. The molecule has 0 aromatic heterocycles. The van der Waals surface area contributed by atoms with Gasteiger partial charge in [0.25, 0.3) is 0 Å². The van der Waals surface area contributed by atoms with Gasteiger partial charge in [0.1, 0.15) is 0 Å². The zero-order valence-electron chi connectivity index (χ0n) is 13.2. The van der Waals surface area contributed by atoms with Crippen molar-refractivity contribution in [3.8, 4) is 11.5 Å². The molecule has 0 bridgehead atoms. The molecule has 1 unspecified atom stereocenters. The van der Waals surface area contributed by atoms with Crippen molar-refractivity contribution in [3.05, 3.63) is 23.8 Å². The number of aliphatic hydroxyl groups is 1. The fourth-order valence-corrected chi connectivity index (χ4v) is 2.72. The first-order chi connectivity index (χ1) is 10.3. The van der Waals surface area contributed by atoms with Crippen molar-refractivity contribution >= 4 is 0 Å². The summed E-state index contributed by atoms with van der Waals surface area (Å²) < 4.78 is 11.2. The van der Waals surface area contributed by atoms with E-state index in [0.29, 0.717) is 12.5 Å². The molecular formula is C17H27NO3. The molecule has 1 fully saturated rings. The van der Waals surface area contributed by atoms with E-state index in [4.69, 9.17) is 9.47 Å². The molecule has 1 heterocycles. The first kappa shape index (κ1) is 16.1. The molecule has 4 heteroatoms. The standard InChI is InChI=1S/C17H27NO3/c1-3-4-9-21-16-6-5-14(10-17(16)20-2)11-18-8-7-15(12-18)13-19/h5-6,10,15,19H,3-4,7-9,11-13H2,1-2H3. The van der Waals surface area contributed by atoms with E-state index in [1.807, 2.05) is 6.07 Å². The summed E-state index contributed by atoms with van der Waals surface area (Å²) in [6.07, 6.45) is 3.27. The van der Waals surface area contributed by atoms with E-state index in [-0.39, 0.29) is 0 Å². The minimum absolute atomic E-state index is 0.296. The molecule has 0 aliphatic carbocycles. The number of hydrogen-bond donors (Lipinski definition) is 1. The highest BCUT2D eigenvalue weighted by Crippen LogP contribution is 2.29. The summed E-state index contributed by atoms with van der Waals surface area (Å²) in [6.45, 7) is 6.12. The van der Waals surface area contributed by atoms with Crippen molar-refractivity contribution in [3.63, 3.8) is 0 Å². The van der Waals surface area contributed by atoms with Crippen LogP contribution in [0.2, 0.25) is 0 Å². The van der Waals surface area contributed by atoms with Crippen LogP contribution in [0.4, 0.5) is 0 Å². The van der Waals surface area contributed by atoms with Gasteiger partial charge in [0.15, 0.2) is 11.5 Å². The molecule has 1 aliphatic heterocycles. The second-order valence-electron chi connectivity index (χ2n) is 5.76. The van der Waals surface area contributed by atoms with Crippen LogP contribution in [-0.4, -0.2) is 43.4 Å². The van der Waals surface area contributed by atoms with Crippen LogP contribution in [0, 0.1) is 5.92 Å². The van der Waals surface area contributed by atoms with Crippen LogP contribution in [0.25, 0.3) is 0 Å². The number of methoxy groups -OCH3 is 1. The Balaban J connectivity index is 1.95. The lowest BCUT2D eigenvalue weighted by atomic mass is 10.1. The van der Waals surface area contributed by atoms with Gasteiger partial charge in [-0.1, -0.05) is 19.4 Å². The fraction of sp³-hybridized carbons (Fsp3) is 0.647. The Kier molecular flexibility index (Phi) is 6.33. The van der Waals surface area contributed by atoms with Crippen molar-refractivity contribution in [1.82, 2.24) is 4.90 Å². The maximum Gasteiger partial charge on any atom is 0.161 e. The Bertz CT molecular complexity index is 436. The molecule has 0 amide bonds. The molecule has 0 spiro atoms. The van der Waals surface area contributed by atoms with Gasteiger partial charge >= 0.3 is 0 Å². The molecule has 1 aromatic carbocycles. The van der Waals surface area contributed by atoms with Crippen molar-refractivity contribution in [2.45, 2.75) is 32.7 Å². The molecule has 2 rings (SSSR count). The summed E-state index contributed by atoms with van der Waals surface area (Å²) >= 11 is 0. The van der Waals surface area contributed by atoms with Crippen LogP contribution in [-0.2, 0) is 6.54 Å². The van der Waals surface area contributed by atoms with Crippen LogP contribution < -0.4 is 9.47 Å². The second-order valence-corrected chi connectivity index (χ2v) is 5.76. The number of likely N-dealkylation sites (tertiary alicyclic amines) is 1. The molecule has 0 saturated carbocycles. The van der Waals surface area contributed by atoms with Crippen LogP contribution in [0.3, 0.4) is 0 Å². The normalized spacial score (nSPS) is 18.9. The molecule has 1 N–H and O–H groups in total. The summed E-state index contributed by atoms with van der Waals surface area (Å²) in [6, 6.07) is 6.17. The van der Waals surface area contributed by atoms with Gasteiger partial charge in [-0.3, -0.25) is 4.90 Å². The molecule has 1 atom stereocenters. The van der Waals surface area contributed by atoms with Gasteiger partial charge in [0.2, 0.25) is 0 Å². The summed E-state index contributed by atoms with van der Waals surface area (Å²) in [5.74, 6) is 2.06. The predicted octanol–water partition coefficient (Wildman–Crippen LogP) is 2.69. The largest absolute Gasteiger partial charge is 0.493 e. The molecule has 1 aromatic rings. The zero-order chi connectivity index (χ0) is 15.1. The van der Waals surface area contributed by atoms with Crippen LogP contribution in [0.15, 0.2) is 18.2 Å². The molecule has 118 valence electrons. The lowest BCUT2D eigenvalue weighted by molar-refractivity contribution is 0.220. The van der Waals surface area contributed by atoms with E-state index < -0.39 is 0 Å². The van der Waals surface area contributed by atoms with E-state index in [9.17, 15) is 5.11 Å². The van der Waals surface area contributed by atoms with E-state index in [0.717, 1.165) is 57.0 Å². The molecule has 0 radical (unpaired) electrons. The van der Waals surface area contributed by atoms with E-state index >= 15 is 0 Å². The van der Waals surface area contributed by atoms with Gasteiger partial charge < -0.3 is 14.6 Å². The maximum absolute atomic E-state index is 9.21. The minimum atomic E-state index is 0.296. The molecule has 1 saturated heterocycles. The lowest BCUT2D eigenvalue weighted by Crippen LogP contribution is -2.21. The summed E-state index contributed by atoms with van der Waals surface area (Å²) in [5, 5.41) is 9.21. The van der Waals surface area contributed by atoms with Crippen LogP contribution >= 0.6 is 0 Å². The smallest absolute Gasteiger partial charge is 0.161 e. The third kappa shape index (κ3) is 4.61. The number of benzene rings is 1. The quantitative estimate of drug-likeness (QED) is 0.748. The summed E-state index contributed by atoms with van der Waals surface area (Å²) in [7, 11) is 1.68. The molecule has 4 nitrogen and oxygen atoms in total. The SMILES string of the molecule is CCCCOc1ccc(CN2CCC(CO)C2)cc1OC. The van der Waals surface area contributed by atoms with E-state index in [1.54, 1.807) is 7.11 Å². The highest BCUT2D eigenvalue weighted by atomic mass is 16.5. The van der Waals surface area contributed by atoms with Gasteiger partial charge in [-0.2, -0.15) is 0 Å². The minimum Gasteiger partial charge on any atom is -0.493 e. The number of ether oxygens (including phenoxy) is 2. The Morgan fingerprint density at radius 1 is 1.33 bits per heavy atom. The Morgan fingerprint density at radius 3 is 2.86 bits per heavy atom. The Hall–Kier alpha value is -1.26. The Labute approximate surface area is 127 Å². The van der Waals surface area contributed by atoms with Crippen LogP contribution in [0.1, 0.15) is 31.7 Å². The molecule has 21 heavy (non-hydrogen) atoms. The van der Waals surface area contributed by atoms with Crippen molar-refractivity contribution in [2.75, 3.05) is 33.4 Å². The van der Waals surface area contributed by atoms with E-state index in [2.05, 4.69) is 24.0 Å². The summed E-state index contributed by atoms with van der Waals surface area (Å²) in [4.78, 5) is 2.38. The van der Waals surface area contributed by atoms with Gasteiger partial charge in [-0.05, 0) is 43.0 Å². The van der Waals surface area contributed by atoms with Gasteiger partial charge in [0.05, 0.1) is 13.7 Å². The third-order valence-corrected chi connectivity index (χ3v) is 4.02. The molecular weight excluding hydrogens is 266 g/mol. The van der Waals surface area contributed by atoms with Gasteiger partial charge in [-0.15, -0.1) is 0 Å². The van der Waals surface area contributed by atoms with Crippen LogP contribution in [0.5, 0.6) is 11.5 Å². The topological polar surface area (TPSA) is 41.9 Å². The number of unbranched alkanes of at least 4 members (excludes halogenated alkanes) is 1. The van der Waals surface area contributed by atoms with Crippen molar-refractivity contribution in [1.29, 1.82) is 0 Å². The first-order valence-corrected chi connectivity index (χ1v) is 7.89. The number of nitrogens with zero attached hydrogens (tertiary/aromatic N) is 1. The Morgan fingerprint density at radius 2 is 2.19 bits per heavy atom. The number of hydrogen-bond acceptors (Lipinski definition) is 4. The van der Waals surface area contributed by atoms with Gasteiger partial charge in [-0.25, -0.2) is 0 Å². The first-order valence-electron chi connectivity index (χ1n) is 7.89. The maximum atomic E-state index is 9.21. The zero-order valence-corrected chi connectivity index (χ0v) is 13.2. The highest BCUT2D eigenvalue weighted by Gasteiger charge is 2.21. The third-order valence-electron chi connectivity index (χ3n) is 4.02. The number of aliphatic hydroxyl groups excluding tert-OH is 1. The van der Waals surface area contributed by atoms with Crippen molar-refractivity contribution < 1.29 is 14.6 Å².